The SMILES string of the molecule is COc1ccc(Nc2nc3ccccc3s2)cc1OC. The fourth-order valence-electron chi connectivity index (χ4n) is 1.96. The number of anilines is 2. The van der Waals surface area contributed by atoms with Crippen molar-refractivity contribution < 1.29 is 9.47 Å². The number of nitrogens with one attached hydrogen (secondary N) is 1. The average molecular weight is 286 g/mol. The van der Waals surface area contributed by atoms with E-state index in [4.69, 9.17) is 9.47 Å². The molecule has 1 aromatic heterocycles. The highest BCUT2D eigenvalue weighted by atomic mass is 32.1. The molecule has 0 fully saturated rings. The summed E-state index contributed by atoms with van der Waals surface area (Å²) < 4.78 is 11.7. The molecule has 0 bridgehead atoms. The maximum Gasteiger partial charge on any atom is 0.188 e. The number of rotatable bonds is 4. The van der Waals surface area contributed by atoms with Crippen molar-refractivity contribution >= 4 is 32.4 Å². The first-order chi connectivity index (χ1) is 9.80. The van der Waals surface area contributed by atoms with E-state index in [1.807, 2.05) is 36.4 Å². The number of nitrogens with zero attached hydrogens (tertiary/aromatic N) is 1. The first-order valence-electron chi connectivity index (χ1n) is 6.15. The van der Waals surface area contributed by atoms with E-state index in [0.717, 1.165) is 21.0 Å². The number of methoxy groups -OCH3 is 2. The van der Waals surface area contributed by atoms with Gasteiger partial charge >= 0.3 is 0 Å². The zero-order valence-corrected chi connectivity index (χ0v) is 12.0. The second-order valence-electron chi connectivity index (χ2n) is 4.18. The zero-order chi connectivity index (χ0) is 13.9. The molecule has 5 heteroatoms. The summed E-state index contributed by atoms with van der Waals surface area (Å²) in [6.45, 7) is 0. The molecule has 0 atom stereocenters. The Balaban J connectivity index is 1.90. The fraction of sp³-hybridized carbons (Fsp3) is 0.133. The van der Waals surface area contributed by atoms with E-state index in [2.05, 4.69) is 16.4 Å². The third-order valence-corrected chi connectivity index (χ3v) is 3.88. The topological polar surface area (TPSA) is 43.4 Å². The van der Waals surface area contributed by atoms with Crippen LogP contribution in [-0.4, -0.2) is 19.2 Å². The minimum Gasteiger partial charge on any atom is -0.493 e. The van der Waals surface area contributed by atoms with Gasteiger partial charge in [-0.2, -0.15) is 0 Å². The summed E-state index contributed by atoms with van der Waals surface area (Å²) in [7, 11) is 3.25. The van der Waals surface area contributed by atoms with Gasteiger partial charge in [-0.05, 0) is 24.3 Å². The molecular weight excluding hydrogens is 272 g/mol. The summed E-state index contributed by atoms with van der Waals surface area (Å²) in [6, 6.07) is 13.8. The smallest absolute Gasteiger partial charge is 0.188 e. The van der Waals surface area contributed by atoms with E-state index in [0.29, 0.717) is 11.5 Å². The van der Waals surface area contributed by atoms with Gasteiger partial charge in [0, 0.05) is 11.8 Å². The summed E-state index contributed by atoms with van der Waals surface area (Å²) in [5.41, 5.74) is 1.92. The van der Waals surface area contributed by atoms with Crippen molar-refractivity contribution in [3.63, 3.8) is 0 Å². The molecule has 0 spiro atoms. The van der Waals surface area contributed by atoms with Crippen molar-refractivity contribution in [1.82, 2.24) is 4.98 Å². The Morgan fingerprint density at radius 2 is 1.80 bits per heavy atom. The van der Waals surface area contributed by atoms with E-state index < -0.39 is 0 Å². The molecule has 1 heterocycles. The summed E-state index contributed by atoms with van der Waals surface area (Å²) in [5, 5.41) is 4.15. The van der Waals surface area contributed by atoms with Gasteiger partial charge in [0.25, 0.3) is 0 Å². The van der Waals surface area contributed by atoms with Gasteiger partial charge in [-0.15, -0.1) is 0 Å². The molecule has 102 valence electrons. The molecule has 0 unspecified atom stereocenters. The van der Waals surface area contributed by atoms with Crippen LogP contribution in [0.5, 0.6) is 11.5 Å². The lowest BCUT2D eigenvalue weighted by Gasteiger charge is -2.09. The summed E-state index contributed by atoms with van der Waals surface area (Å²) >= 11 is 1.62. The molecule has 4 nitrogen and oxygen atoms in total. The van der Waals surface area contributed by atoms with Gasteiger partial charge in [0.05, 0.1) is 24.4 Å². The van der Waals surface area contributed by atoms with E-state index in [9.17, 15) is 0 Å². The number of fused-ring (bicyclic) bond motifs is 1. The lowest BCUT2D eigenvalue weighted by Crippen LogP contribution is -1.93. The highest BCUT2D eigenvalue weighted by Gasteiger charge is 2.07. The van der Waals surface area contributed by atoms with E-state index in [-0.39, 0.29) is 0 Å². The van der Waals surface area contributed by atoms with Gasteiger partial charge in [0.2, 0.25) is 0 Å². The standard InChI is InChI=1S/C15H14N2O2S/c1-18-12-8-7-10(9-13(12)19-2)16-15-17-11-5-3-4-6-14(11)20-15/h3-9H,1-2H3,(H,16,17). The Morgan fingerprint density at radius 3 is 2.55 bits per heavy atom. The number of aromatic nitrogens is 1. The van der Waals surface area contributed by atoms with Crippen molar-refractivity contribution in [1.29, 1.82) is 0 Å². The second kappa shape index (κ2) is 5.38. The van der Waals surface area contributed by atoms with Crippen LogP contribution in [0.1, 0.15) is 0 Å². The highest BCUT2D eigenvalue weighted by Crippen LogP contribution is 2.33. The summed E-state index contributed by atoms with van der Waals surface area (Å²) in [6.07, 6.45) is 0. The number of hydrogen-bond acceptors (Lipinski definition) is 5. The third-order valence-electron chi connectivity index (χ3n) is 2.93. The maximum atomic E-state index is 5.29. The molecule has 0 amide bonds. The van der Waals surface area contributed by atoms with Gasteiger partial charge in [0.1, 0.15) is 0 Å². The Bertz CT molecular complexity index is 707. The monoisotopic (exact) mass is 286 g/mol. The Labute approximate surface area is 121 Å². The van der Waals surface area contributed by atoms with Crippen LogP contribution >= 0.6 is 11.3 Å². The van der Waals surface area contributed by atoms with Gasteiger partial charge in [0.15, 0.2) is 16.6 Å². The number of thiazole rings is 1. The molecule has 3 rings (SSSR count). The predicted octanol–water partition coefficient (Wildman–Crippen LogP) is 4.06. The summed E-state index contributed by atoms with van der Waals surface area (Å²) in [5.74, 6) is 1.40. The van der Waals surface area contributed by atoms with E-state index in [1.54, 1.807) is 25.6 Å². The number of hydrogen-bond donors (Lipinski definition) is 1. The van der Waals surface area contributed by atoms with Crippen molar-refractivity contribution in [3.8, 4) is 11.5 Å². The van der Waals surface area contributed by atoms with E-state index >= 15 is 0 Å². The summed E-state index contributed by atoms with van der Waals surface area (Å²) in [4.78, 5) is 4.54. The maximum absolute atomic E-state index is 5.29. The Kier molecular flexibility index (Phi) is 3.43. The third kappa shape index (κ3) is 2.40. The first-order valence-corrected chi connectivity index (χ1v) is 6.96. The lowest BCUT2D eigenvalue weighted by molar-refractivity contribution is 0.355. The van der Waals surface area contributed by atoms with Gasteiger partial charge < -0.3 is 14.8 Å². The zero-order valence-electron chi connectivity index (χ0n) is 11.2. The number of benzene rings is 2. The van der Waals surface area contributed by atoms with Crippen LogP contribution in [0, 0.1) is 0 Å². The van der Waals surface area contributed by atoms with Gasteiger partial charge in [-0.25, -0.2) is 4.98 Å². The molecule has 0 saturated heterocycles. The van der Waals surface area contributed by atoms with Crippen molar-refractivity contribution in [2.45, 2.75) is 0 Å². The predicted molar refractivity (Wildman–Crippen MR) is 82.4 cm³/mol. The minimum absolute atomic E-state index is 0.693. The number of para-hydroxylation sites is 1. The Hall–Kier alpha value is -2.27. The molecule has 0 aliphatic heterocycles. The average Bonchev–Trinajstić information content (AvgIpc) is 2.89. The molecule has 0 aliphatic carbocycles. The van der Waals surface area contributed by atoms with Crippen molar-refractivity contribution in [2.75, 3.05) is 19.5 Å². The Morgan fingerprint density at radius 1 is 1.00 bits per heavy atom. The van der Waals surface area contributed by atoms with E-state index in [1.165, 1.54) is 0 Å². The molecule has 20 heavy (non-hydrogen) atoms. The molecule has 1 N–H and O–H groups in total. The van der Waals surface area contributed by atoms with Crippen LogP contribution in [0.2, 0.25) is 0 Å². The normalized spacial score (nSPS) is 10.5. The second-order valence-corrected chi connectivity index (χ2v) is 5.21. The van der Waals surface area contributed by atoms with Crippen molar-refractivity contribution in [3.05, 3.63) is 42.5 Å². The van der Waals surface area contributed by atoms with Crippen molar-refractivity contribution in [2.24, 2.45) is 0 Å². The van der Waals surface area contributed by atoms with Crippen LogP contribution in [-0.2, 0) is 0 Å². The van der Waals surface area contributed by atoms with Crippen LogP contribution in [0.25, 0.3) is 10.2 Å². The molecule has 0 aliphatic rings. The first kappa shape index (κ1) is 12.7. The highest BCUT2D eigenvalue weighted by molar-refractivity contribution is 7.22. The molecular formula is C15H14N2O2S. The minimum atomic E-state index is 0.693. The van der Waals surface area contributed by atoms with Gasteiger partial charge in [-0.1, -0.05) is 23.5 Å². The van der Waals surface area contributed by atoms with Gasteiger partial charge in [-0.3, -0.25) is 0 Å². The van der Waals surface area contributed by atoms with Crippen LogP contribution in [0.15, 0.2) is 42.5 Å². The molecule has 0 radical (unpaired) electrons. The largest absolute Gasteiger partial charge is 0.493 e. The fourth-order valence-corrected chi connectivity index (χ4v) is 2.85. The molecule has 3 aromatic rings. The molecule has 0 saturated carbocycles. The van der Waals surface area contributed by atoms with Crippen LogP contribution in [0.4, 0.5) is 10.8 Å². The lowest BCUT2D eigenvalue weighted by atomic mass is 10.3. The van der Waals surface area contributed by atoms with Crippen LogP contribution < -0.4 is 14.8 Å². The van der Waals surface area contributed by atoms with Crippen LogP contribution in [0.3, 0.4) is 0 Å². The molecule has 2 aromatic carbocycles. The quantitative estimate of drug-likeness (QED) is 0.785. The number of ether oxygens (including phenoxy) is 2.